The third-order valence-corrected chi connectivity index (χ3v) is 5.88. The van der Waals surface area contributed by atoms with Gasteiger partial charge in [0, 0.05) is 28.5 Å². The molecule has 1 aromatic heterocycles. The Morgan fingerprint density at radius 2 is 1.67 bits per heavy atom. The molecule has 3 aromatic rings. The highest BCUT2D eigenvalue weighted by molar-refractivity contribution is 7.98. The van der Waals surface area contributed by atoms with Gasteiger partial charge in [0.05, 0.1) is 11.3 Å². The molecule has 0 aliphatic heterocycles. The second-order valence-electron chi connectivity index (χ2n) is 5.75. The molecule has 2 amide bonds. The minimum absolute atomic E-state index is 0.185. The molecule has 0 fully saturated rings. The summed E-state index contributed by atoms with van der Waals surface area (Å²) in [6, 6.07) is 20.1. The normalized spacial score (nSPS) is 10.4. The van der Waals surface area contributed by atoms with Crippen molar-refractivity contribution < 1.29 is 9.59 Å². The number of rotatable bonds is 8. The molecule has 0 saturated heterocycles. The van der Waals surface area contributed by atoms with E-state index in [4.69, 9.17) is 0 Å². The fraction of sp³-hybridized carbons (Fsp3) is 0.143. The van der Waals surface area contributed by atoms with Gasteiger partial charge < -0.3 is 10.6 Å². The van der Waals surface area contributed by atoms with E-state index in [9.17, 15) is 9.59 Å². The Labute approximate surface area is 167 Å². The number of thiophene rings is 1. The molecule has 2 aromatic carbocycles. The summed E-state index contributed by atoms with van der Waals surface area (Å²) in [5.74, 6) is 1.37. The lowest BCUT2D eigenvalue weighted by Crippen LogP contribution is -2.27. The van der Waals surface area contributed by atoms with Gasteiger partial charge in [-0.05, 0) is 35.7 Å². The molecule has 0 aliphatic rings. The summed E-state index contributed by atoms with van der Waals surface area (Å²) in [6.45, 7) is 0.579. The molecular formula is C21H20N2O2S2. The first-order valence-corrected chi connectivity index (χ1v) is 10.6. The van der Waals surface area contributed by atoms with E-state index in [2.05, 4.69) is 22.1 Å². The van der Waals surface area contributed by atoms with E-state index in [0.717, 1.165) is 11.5 Å². The molecule has 2 N–H and O–H groups in total. The Morgan fingerprint density at radius 1 is 0.889 bits per heavy atom. The van der Waals surface area contributed by atoms with Gasteiger partial charge in [0.1, 0.15) is 0 Å². The van der Waals surface area contributed by atoms with Crippen molar-refractivity contribution >= 4 is 40.6 Å². The fourth-order valence-corrected chi connectivity index (χ4v) is 4.17. The summed E-state index contributed by atoms with van der Waals surface area (Å²) >= 11 is 3.53. The number of hydrogen-bond acceptors (Lipinski definition) is 4. The van der Waals surface area contributed by atoms with E-state index in [1.807, 2.05) is 12.1 Å². The van der Waals surface area contributed by atoms with Gasteiger partial charge in [-0.25, -0.2) is 0 Å². The number of nitrogens with one attached hydrogen (secondary N) is 2. The standard InChI is InChI=1S/C21H20N2O2S2/c24-20(16-7-2-1-3-8-16)23-19-11-5-4-10-18(19)21(25)22-12-14-26-15-17-9-6-13-27-17/h1-11,13H,12,14-15H2,(H,22,25)(H,23,24). The van der Waals surface area contributed by atoms with Gasteiger partial charge in [-0.3, -0.25) is 9.59 Å². The molecule has 27 heavy (non-hydrogen) atoms. The number of anilines is 1. The molecule has 0 radical (unpaired) electrons. The highest BCUT2D eigenvalue weighted by atomic mass is 32.2. The van der Waals surface area contributed by atoms with Gasteiger partial charge in [-0.15, -0.1) is 11.3 Å². The number of carbonyl (C=O) groups excluding carboxylic acids is 2. The molecule has 0 bridgehead atoms. The second kappa shape index (κ2) is 9.94. The maximum absolute atomic E-state index is 12.5. The van der Waals surface area contributed by atoms with Crippen molar-refractivity contribution in [1.82, 2.24) is 5.32 Å². The van der Waals surface area contributed by atoms with Crippen LogP contribution in [0.4, 0.5) is 5.69 Å². The third-order valence-electron chi connectivity index (χ3n) is 3.81. The van der Waals surface area contributed by atoms with Crippen LogP contribution < -0.4 is 10.6 Å². The number of carbonyl (C=O) groups is 2. The molecule has 4 nitrogen and oxygen atoms in total. The molecule has 0 saturated carbocycles. The van der Waals surface area contributed by atoms with Crippen LogP contribution in [0.5, 0.6) is 0 Å². The molecule has 0 atom stereocenters. The van der Waals surface area contributed by atoms with E-state index < -0.39 is 0 Å². The monoisotopic (exact) mass is 396 g/mol. The Bertz CT molecular complexity index is 880. The van der Waals surface area contributed by atoms with Crippen molar-refractivity contribution in [3.05, 3.63) is 88.1 Å². The molecule has 0 aliphatic carbocycles. The number of thioether (sulfide) groups is 1. The SMILES string of the molecule is O=C(Nc1ccccc1C(=O)NCCSCc1cccs1)c1ccccc1. The first kappa shape index (κ1) is 19.2. The zero-order valence-electron chi connectivity index (χ0n) is 14.7. The molecule has 138 valence electrons. The minimum atomic E-state index is -0.234. The van der Waals surface area contributed by atoms with Crippen molar-refractivity contribution in [2.75, 3.05) is 17.6 Å². The lowest BCUT2D eigenvalue weighted by atomic mass is 10.1. The quantitative estimate of drug-likeness (QED) is 0.544. The molecule has 6 heteroatoms. The number of amides is 2. The van der Waals surface area contributed by atoms with Crippen LogP contribution in [0.1, 0.15) is 25.6 Å². The van der Waals surface area contributed by atoms with Gasteiger partial charge in [0.2, 0.25) is 0 Å². The van der Waals surface area contributed by atoms with Crippen molar-refractivity contribution in [3.63, 3.8) is 0 Å². The molecule has 3 rings (SSSR count). The average molecular weight is 397 g/mol. The maximum atomic E-state index is 12.5. The van der Waals surface area contributed by atoms with Crippen molar-refractivity contribution in [2.45, 2.75) is 5.75 Å². The summed E-state index contributed by atoms with van der Waals surface area (Å²) in [7, 11) is 0. The van der Waals surface area contributed by atoms with Crippen LogP contribution in [0.3, 0.4) is 0 Å². The first-order valence-electron chi connectivity index (χ1n) is 8.58. The van der Waals surface area contributed by atoms with E-state index in [1.165, 1.54) is 4.88 Å². The Kier molecular flexibility index (Phi) is 7.07. The molecular weight excluding hydrogens is 376 g/mol. The van der Waals surface area contributed by atoms with Crippen LogP contribution in [0.15, 0.2) is 72.1 Å². The predicted molar refractivity (Wildman–Crippen MR) is 114 cm³/mol. The van der Waals surface area contributed by atoms with Gasteiger partial charge >= 0.3 is 0 Å². The molecule has 0 spiro atoms. The summed E-state index contributed by atoms with van der Waals surface area (Å²) in [6.07, 6.45) is 0. The Morgan fingerprint density at radius 3 is 2.44 bits per heavy atom. The largest absolute Gasteiger partial charge is 0.351 e. The van der Waals surface area contributed by atoms with E-state index in [1.54, 1.807) is 71.6 Å². The molecule has 0 unspecified atom stereocenters. The Hall–Kier alpha value is -2.57. The van der Waals surface area contributed by atoms with Crippen LogP contribution in [0.25, 0.3) is 0 Å². The number of benzene rings is 2. The van der Waals surface area contributed by atoms with Crippen molar-refractivity contribution in [3.8, 4) is 0 Å². The van der Waals surface area contributed by atoms with Crippen molar-refractivity contribution in [2.24, 2.45) is 0 Å². The van der Waals surface area contributed by atoms with E-state index >= 15 is 0 Å². The summed E-state index contributed by atoms with van der Waals surface area (Å²) < 4.78 is 0. The zero-order valence-corrected chi connectivity index (χ0v) is 16.3. The summed E-state index contributed by atoms with van der Waals surface area (Å²) in [5.41, 5.74) is 1.53. The maximum Gasteiger partial charge on any atom is 0.255 e. The molecule has 1 heterocycles. The van der Waals surface area contributed by atoms with Crippen LogP contribution >= 0.6 is 23.1 Å². The van der Waals surface area contributed by atoms with Gasteiger partial charge in [0.25, 0.3) is 11.8 Å². The smallest absolute Gasteiger partial charge is 0.255 e. The summed E-state index contributed by atoms with van der Waals surface area (Å²) in [4.78, 5) is 26.2. The van der Waals surface area contributed by atoms with Crippen LogP contribution in [0.2, 0.25) is 0 Å². The lowest BCUT2D eigenvalue weighted by molar-refractivity contribution is 0.0957. The second-order valence-corrected chi connectivity index (χ2v) is 7.89. The average Bonchev–Trinajstić information content (AvgIpc) is 3.22. The van der Waals surface area contributed by atoms with Crippen LogP contribution in [-0.2, 0) is 5.75 Å². The number of para-hydroxylation sites is 1. The Balaban J connectivity index is 1.53. The highest BCUT2D eigenvalue weighted by Crippen LogP contribution is 2.18. The van der Waals surface area contributed by atoms with Crippen molar-refractivity contribution in [1.29, 1.82) is 0 Å². The third kappa shape index (κ3) is 5.70. The first-order chi connectivity index (χ1) is 13.2. The van der Waals surface area contributed by atoms with Gasteiger partial charge in [0.15, 0.2) is 0 Å². The minimum Gasteiger partial charge on any atom is -0.351 e. The fourth-order valence-electron chi connectivity index (χ4n) is 2.47. The van der Waals surface area contributed by atoms with E-state index in [0.29, 0.717) is 23.4 Å². The number of hydrogen-bond donors (Lipinski definition) is 2. The topological polar surface area (TPSA) is 58.2 Å². The van der Waals surface area contributed by atoms with Crippen LogP contribution in [-0.4, -0.2) is 24.1 Å². The van der Waals surface area contributed by atoms with Crippen LogP contribution in [0, 0.1) is 0 Å². The van der Waals surface area contributed by atoms with Gasteiger partial charge in [-0.1, -0.05) is 36.4 Å². The zero-order chi connectivity index (χ0) is 18.9. The van der Waals surface area contributed by atoms with Gasteiger partial charge in [-0.2, -0.15) is 11.8 Å². The highest BCUT2D eigenvalue weighted by Gasteiger charge is 2.13. The lowest BCUT2D eigenvalue weighted by Gasteiger charge is -2.11. The van der Waals surface area contributed by atoms with E-state index in [-0.39, 0.29) is 11.8 Å². The predicted octanol–water partition coefficient (Wildman–Crippen LogP) is 4.66. The summed E-state index contributed by atoms with van der Waals surface area (Å²) in [5, 5.41) is 7.82.